The van der Waals surface area contributed by atoms with Crippen LogP contribution in [0.2, 0.25) is 0 Å². The summed E-state index contributed by atoms with van der Waals surface area (Å²) in [5, 5.41) is 9.00. The normalized spacial score (nSPS) is 18.8. The van der Waals surface area contributed by atoms with E-state index < -0.39 is 5.97 Å². The van der Waals surface area contributed by atoms with Gasteiger partial charge in [0.15, 0.2) is 0 Å². The molecule has 0 spiro atoms. The molecule has 4 heteroatoms. The largest absolute Gasteiger partial charge is 0.477 e. The molecule has 0 aromatic carbocycles. The number of aromatic carboxylic acids is 1. The summed E-state index contributed by atoms with van der Waals surface area (Å²) < 4.78 is 2.10. The lowest BCUT2D eigenvalue weighted by atomic mass is 9.93. The topological polar surface area (TPSA) is 58.0 Å². The minimum Gasteiger partial charge on any atom is -0.477 e. The van der Waals surface area contributed by atoms with Crippen molar-refractivity contribution in [1.29, 1.82) is 0 Å². The number of carbonyl (C=O) groups is 1. The Kier molecular flexibility index (Phi) is 2.78. The van der Waals surface area contributed by atoms with Crippen LogP contribution in [0.3, 0.4) is 0 Å². The summed E-state index contributed by atoms with van der Waals surface area (Å²) in [5.74, 6) is -0.378. The first-order chi connectivity index (χ1) is 9.15. The van der Waals surface area contributed by atoms with Crippen molar-refractivity contribution < 1.29 is 9.90 Å². The molecule has 0 saturated heterocycles. The molecule has 98 valence electrons. The van der Waals surface area contributed by atoms with E-state index in [1.54, 1.807) is 6.07 Å². The highest BCUT2D eigenvalue weighted by molar-refractivity contribution is 5.92. The Bertz CT molecular complexity index is 688. The molecule has 2 N–H and O–H groups in total. The van der Waals surface area contributed by atoms with Crippen LogP contribution in [0.4, 0.5) is 0 Å². The third kappa shape index (κ3) is 2.10. The minimum atomic E-state index is -0.920. The Labute approximate surface area is 111 Å². The van der Waals surface area contributed by atoms with Gasteiger partial charge in [-0.05, 0) is 30.0 Å². The van der Waals surface area contributed by atoms with Gasteiger partial charge in [-0.3, -0.25) is 0 Å². The smallest absolute Gasteiger partial charge is 0.352 e. The van der Waals surface area contributed by atoms with E-state index in [1.165, 1.54) is 5.57 Å². The molecule has 1 unspecified atom stereocenters. The minimum absolute atomic E-state index is 0.241. The summed E-state index contributed by atoms with van der Waals surface area (Å²) in [5.41, 5.74) is 3.43. The summed E-state index contributed by atoms with van der Waals surface area (Å²) in [6.07, 6.45) is 9.50. The zero-order valence-electron chi connectivity index (χ0n) is 10.8. The van der Waals surface area contributed by atoms with E-state index in [1.807, 2.05) is 12.3 Å². The van der Waals surface area contributed by atoms with E-state index in [4.69, 9.17) is 5.11 Å². The molecular weight excluding hydrogens is 240 g/mol. The molecule has 2 aromatic heterocycles. The van der Waals surface area contributed by atoms with Crippen molar-refractivity contribution in [2.75, 3.05) is 0 Å². The van der Waals surface area contributed by atoms with Crippen molar-refractivity contribution >= 4 is 17.0 Å². The van der Waals surface area contributed by atoms with Crippen LogP contribution in [0.15, 0.2) is 42.1 Å². The predicted molar refractivity (Wildman–Crippen MR) is 74.3 cm³/mol. The molecule has 2 aromatic rings. The summed E-state index contributed by atoms with van der Waals surface area (Å²) in [4.78, 5) is 13.9. The van der Waals surface area contributed by atoms with Crippen LogP contribution in [-0.2, 0) is 6.54 Å². The maximum absolute atomic E-state index is 11.0. The van der Waals surface area contributed by atoms with Crippen molar-refractivity contribution in [1.82, 2.24) is 9.55 Å². The Morgan fingerprint density at radius 1 is 1.58 bits per heavy atom. The first-order valence-corrected chi connectivity index (χ1v) is 6.42. The van der Waals surface area contributed by atoms with Crippen LogP contribution in [-0.4, -0.2) is 20.6 Å². The Balaban J connectivity index is 1.94. The van der Waals surface area contributed by atoms with Gasteiger partial charge in [0.25, 0.3) is 0 Å². The van der Waals surface area contributed by atoms with Crippen molar-refractivity contribution in [3.8, 4) is 0 Å². The van der Waals surface area contributed by atoms with E-state index in [9.17, 15) is 4.79 Å². The van der Waals surface area contributed by atoms with Gasteiger partial charge in [0, 0.05) is 12.7 Å². The molecule has 1 aliphatic rings. The molecule has 0 amide bonds. The Morgan fingerprint density at radius 2 is 2.42 bits per heavy atom. The van der Waals surface area contributed by atoms with Crippen LogP contribution in [0.25, 0.3) is 11.0 Å². The van der Waals surface area contributed by atoms with Gasteiger partial charge < -0.3 is 14.7 Å². The van der Waals surface area contributed by atoms with Gasteiger partial charge >= 0.3 is 5.97 Å². The third-order valence-corrected chi connectivity index (χ3v) is 3.71. The molecule has 19 heavy (non-hydrogen) atoms. The van der Waals surface area contributed by atoms with E-state index >= 15 is 0 Å². The molecule has 1 aliphatic carbocycles. The molecule has 0 radical (unpaired) electrons. The van der Waals surface area contributed by atoms with Crippen molar-refractivity contribution in [2.24, 2.45) is 5.92 Å². The van der Waals surface area contributed by atoms with Crippen molar-refractivity contribution in [3.63, 3.8) is 0 Å². The van der Waals surface area contributed by atoms with Crippen molar-refractivity contribution in [2.45, 2.75) is 19.9 Å². The SMILES string of the molecule is CC1CC=CC=C1Cn1ccc2[nH]c(C(=O)O)cc21. The summed E-state index contributed by atoms with van der Waals surface area (Å²) in [6, 6.07) is 3.62. The molecule has 1 atom stereocenters. The monoisotopic (exact) mass is 256 g/mol. The lowest BCUT2D eigenvalue weighted by Crippen LogP contribution is -2.08. The highest BCUT2D eigenvalue weighted by Gasteiger charge is 2.14. The fourth-order valence-electron chi connectivity index (χ4n) is 2.52. The molecular formula is C15H16N2O2. The third-order valence-electron chi connectivity index (χ3n) is 3.71. The van der Waals surface area contributed by atoms with E-state index in [2.05, 4.69) is 34.7 Å². The second-order valence-electron chi connectivity index (χ2n) is 5.04. The summed E-state index contributed by atoms with van der Waals surface area (Å²) >= 11 is 0. The number of nitrogens with one attached hydrogen (secondary N) is 1. The van der Waals surface area contributed by atoms with Gasteiger partial charge in [0.1, 0.15) is 5.69 Å². The summed E-state index contributed by atoms with van der Waals surface area (Å²) in [7, 11) is 0. The average molecular weight is 256 g/mol. The number of hydrogen-bond acceptors (Lipinski definition) is 1. The number of nitrogens with zero attached hydrogens (tertiary/aromatic N) is 1. The van der Waals surface area contributed by atoms with Gasteiger partial charge in [-0.25, -0.2) is 4.79 Å². The lowest BCUT2D eigenvalue weighted by Gasteiger charge is -2.18. The first-order valence-electron chi connectivity index (χ1n) is 6.42. The van der Waals surface area contributed by atoms with Crippen LogP contribution in [0.1, 0.15) is 23.8 Å². The number of carboxylic acids is 1. The molecule has 4 nitrogen and oxygen atoms in total. The van der Waals surface area contributed by atoms with Gasteiger partial charge in [0.2, 0.25) is 0 Å². The second-order valence-corrected chi connectivity index (χ2v) is 5.04. The fraction of sp³-hybridized carbons (Fsp3) is 0.267. The fourth-order valence-corrected chi connectivity index (χ4v) is 2.52. The van der Waals surface area contributed by atoms with E-state index in [0.717, 1.165) is 24.0 Å². The number of carboxylic acid groups (broad SMARTS) is 1. The Hall–Kier alpha value is -2.23. The second kappa shape index (κ2) is 4.46. The first kappa shape index (κ1) is 11.8. The zero-order valence-corrected chi connectivity index (χ0v) is 10.8. The number of rotatable bonds is 3. The maximum atomic E-state index is 11.0. The van der Waals surface area contributed by atoms with Gasteiger partial charge in [-0.15, -0.1) is 0 Å². The van der Waals surface area contributed by atoms with Gasteiger partial charge in [-0.1, -0.05) is 25.2 Å². The number of aromatic nitrogens is 2. The lowest BCUT2D eigenvalue weighted by molar-refractivity contribution is 0.0691. The van der Waals surface area contributed by atoms with Crippen LogP contribution < -0.4 is 0 Å². The molecule has 2 heterocycles. The zero-order chi connectivity index (χ0) is 13.4. The molecule has 0 bridgehead atoms. The number of aromatic amines is 1. The van der Waals surface area contributed by atoms with Gasteiger partial charge in [0.05, 0.1) is 11.0 Å². The number of fused-ring (bicyclic) bond motifs is 1. The number of hydrogen-bond donors (Lipinski definition) is 2. The van der Waals surface area contributed by atoms with E-state index in [0.29, 0.717) is 5.92 Å². The highest BCUT2D eigenvalue weighted by Crippen LogP contribution is 2.24. The molecule has 0 saturated carbocycles. The van der Waals surface area contributed by atoms with Crippen LogP contribution >= 0.6 is 0 Å². The molecule has 0 fully saturated rings. The molecule has 0 aliphatic heterocycles. The number of H-pyrrole nitrogens is 1. The van der Waals surface area contributed by atoms with Crippen LogP contribution in [0, 0.1) is 5.92 Å². The quantitative estimate of drug-likeness (QED) is 0.886. The van der Waals surface area contributed by atoms with Crippen LogP contribution in [0.5, 0.6) is 0 Å². The maximum Gasteiger partial charge on any atom is 0.352 e. The highest BCUT2D eigenvalue weighted by atomic mass is 16.4. The predicted octanol–water partition coefficient (Wildman–Crippen LogP) is 3.19. The number of allylic oxidation sites excluding steroid dienone is 4. The standard InChI is InChI=1S/C15H16N2O2/c1-10-4-2-3-5-11(10)9-17-7-6-12-14(17)8-13(16-12)15(18)19/h2-3,5-8,10,16H,4,9H2,1H3,(H,18,19). The average Bonchev–Trinajstić information content (AvgIpc) is 2.94. The van der Waals surface area contributed by atoms with E-state index in [-0.39, 0.29) is 5.69 Å². The van der Waals surface area contributed by atoms with Crippen molar-refractivity contribution in [3.05, 3.63) is 47.8 Å². The summed E-state index contributed by atoms with van der Waals surface area (Å²) in [6.45, 7) is 3.03. The Morgan fingerprint density at radius 3 is 3.16 bits per heavy atom. The molecule has 3 rings (SSSR count). The van der Waals surface area contributed by atoms with Gasteiger partial charge in [-0.2, -0.15) is 0 Å².